The second kappa shape index (κ2) is 9.65. The third kappa shape index (κ3) is 3.71. The fourth-order valence-electron chi connectivity index (χ4n) is 6.89. The first-order chi connectivity index (χ1) is 21.7. The quantitative estimate of drug-likeness (QED) is 0.201. The molecule has 44 heavy (non-hydrogen) atoms. The van der Waals surface area contributed by atoms with Crippen LogP contribution in [0.2, 0.25) is 0 Å². The highest BCUT2D eigenvalue weighted by atomic mass is 16.3. The van der Waals surface area contributed by atoms with Gasteiger partial charge in [0.15, 0.2) is 0 Å². The van der Waals surface area contributed by atoms with Gasteiger partial charge in [-0.05, 0) is 57.1 Å². The molecular weight excluding hydrogens is 534 g/mol. The van der Waals surface area contributed by atoms with Crippen molar-refractivity contribution in [2.24, 2.45) is 0 Å². The maximum atomic E-state index is 6.62. The summed E-state index contributed by atoms with van der Waals surface area (Å²) in [5.74, 6) is 0. The monoisotopic (exact) mass is 561 g/mol. The van der Waals surface area contributed by atoms with Crippen molar-refractivity contribution in [1.82, 2.24) is 4.98 Å². The zero-order valence-electron chi connectivity index (χ0n) is 24.2. The average molecular weight is 562 g/mol. The Bertz CT molecular complexity index is 2480. The third-order valence-corrected chi connectivity index (χ3v) is 8.99. The van der Waals surface area contributed by atoms with Crippen LogP contribution in [0.1, 0.15) is 5.56 Å². The molecule has 2 nitrogen and oxygen atoms in total. The molecule has 0 saturated heterocycles. The largest absolute Gasteiger partial charge is 0.455 e. The molecule has 9 rings (SSSR count). The van der Waals surface area contributed by atoms with Crippen LogP contribution >= 0.6 is 0 Å². The van der Waals surface area contributed by atoms with Gasteiger partial charge in [-0.2, -0.15) is 0 Å². The Morgan fingerprint density at radius 2 is 1.02 bits per heavy atom. The lowest BCUT2D eigenvalue weighted by Gasteiger charge is -2.17. The van der Waals surface area contributed by atoms with Gasteiger partial charge in [-0.25, -0.2) is 0 Å². The molecule has 2 aromatic heterocycles. The number of hydrogen-bond acceptors (Lipinski definition) is 2. The lowest BCUT2D eigenvalue weighted by Crippen LogP contribution is -1.92. The van der Waals surface area contributed by atoms with E-state index in [0.717, 1.165) is 49.7 Å². The van der Waals surface area contributed by atoms with E-state index in [1.165, 1.54) is 43.6 Å². The number of nitrogens with zero attached hydrogens (tertiary/aromatic N) is 1. The van der Waals surface area contributed by atoms with Gasteiger partial charge in [-0.1, -0.05) is 133 Å². The first-order valence-corrected chi connectivity index (χ1v) is 15.0. The van der Waals surface area contributed by atoms with E-state index in [0.29, 0.717) is 0 Å². The summed E-state index contributed by atoms with van der Waals surface area (Å²) in [5.41, 5.74) is 9.78. The van der Waals surface area contributed by atoms with Gasteiger partial charge >= 0.3 is 0 Å². The molecule has 0 bridgehead atoms. The van der Waals surface area contributed by atoms with Crippen LogP contribution in [0.3, 0.4) is 0 Å². The van der Waals surface area contributed by atoms with Gasteiger partial charge in [0.1, 0.15) is 11.2 Å². The molecule has 2 heterocycles. The molecule has 0 amide bonds. The topological polar surface area (TPSA) is 26.0 Å². The van der Waals surface area contributed by atoms with Crippen molar-refractivity contribution in [2.45, 2.75) is 6.92 Å². The molecule has 0 saturated carbocycles. The van der Waals surface area contributed by atoms with Crippen LogP contribution in [0.5, 0.6) is 0 Å². The van der Waals surface area contributed by atoms with Crippen molar-refractivity contribution in [2.75, 3.05) is 0 Å². The maximum Gasteiger partial charge on any atom is 0.143 e. The number of pyridine rings is 1. The maximum absolute atomic E-state index is 6.62. The average Bonchev–Trinajstić information content (AvgIpc) is 3.47. The van der Waals surface area contributed by atoms with Gasteiger partial charge in [0.25, 0.3) is 0 Å². The Morgan fingerprint density at radius 3 is 1.70 bits per heavy atom. The molecule has 0 aliphatic heterocycles. The Hall–Kier alpha value is -5.73. The molecule has 9 aromatic rings. The summed E-state index contributed by atoms with van der Waals surface area (Å²) in [6.07, 6.45) is 1.99. The predicted octanol–water partition coefficient (Wildman–Crippen LogP) is 11.8. The Kier molecular flexibility index (Phi) is 5.45. The fraction of sp³-hybridized carbons (Fsp3) is 0.0238. The van der Waals surface area contributed by atoms with Crippen molar-refractivity contribution in [3.63, 3.8) is 0 Å². The molecule has 0 atom stereocenters. The highest BCUT2D eigenvalue weighted by Gasteiger charge is 2.18. The van der Waals surface area contributed by atoms with Crippen LogP contribution in [0.4, 0.5) is 0 Å². The zero-order chi connectivity index (χ0) is 29.2. The van der Waals surface area contributed by atoms with Gasteiger partial charge in [-0.3, -0.25) is 4.98 Å². The second-order valence-corrected chi connectivity index (χ2v) is 11.6. The van der Waals surface area contributed by atoms with Crippen molar-refractivity contribution in [1.29, 1.82) is 0 Å². The molecule has 0 aliphatic carbocycles. The van der Waals surface area contributed by atoms with Gasteiger partial charge in [-0.15, -0.1) is 0 Å². The summed E-state index contributed by atoms with van der Waals surface area (Å²) in [6.45, 7) is 2.13. The first-order valence-electron chi connectivity index (χ1n) is 15.0. The minimum absolute atomic E-state index is 0.895. The Morgan fingerprint density at radius 1 is 0.432 bits per heavy atom. The number of aromatic nitrogens is 1. The Balaban J connectivity index is 1.24. The van der Waals surface area contributed by atoms with E-state index in [1.807, 2.05) is 6.20 Å². The number of fused-ring (bicyclic) bond motifs is 7. The van der Waals surface area contributed by atoms with Crippen molar-refractivity contribution in [3.8, 4) is 33.5 Å². The molecule has 0 spiro atoms. The number of benzene rings is 7. The van der Waals surface area contributed by atoms with Crippen LogP contribution in [0, 0.1) is 6.92 Å². The number of para-hydroxylation sites is 1. The van der Waals surface area contributed by atoms with Gasteiger partial charge < -0.3 is 4.42 Å². The van der Waals surface area contributed by atoms with E-state index in [9.17, 15) is 0 Å². The molecule has 0 N–H and O–H groups in total. The fourth-order valence-corrected chi connectivity index (χ4v) is 6.89. The molecule has 206 valence electrons. The number of furan rings is 1. The van der Waals surface area contributed by atoms with Crippen LogP contribution in [0.25, 0.3) is 87.8 Å². The van der Waals surface area contributed by atoms with E-state index < -0.39 is 0 Å². The summed E-state index contributed by atoms with van der Waals surface area (Å²) in [6, 6.07) is 49.8. The molecule has 2 heteroatoms. The van der Waals surface area contributed by atoms with Gasteiger partial charge in [0, 0.05) is 39.0 Å². The summed E-state index contributed by atoms with van der Waals surface area (Å²) < 4.78 is 6.62. The van der Waals surface area contributed by atoms with E-state index in [4.69, 9.17) is 9.40 Å². The molecule has 0 unspecified atom stereocenters. The predicted molar refractivity (Wildman–Crippen MR) is 185 cm³/mol. The van der Waals surface area contributed by atoms with Crippen molar-refractivity contribution in [3.05, 3.63) is 151 Å². The number of hydrogen-bond donors (Lipinski definition) is 0. The minimum Gasteiger partial charge on any atom is -0.455 e. The lowest BCUT2D eigenvalue weighted by molar-refractivity contribution is 0.673. The van der Waals surface area contributed by atoms with Gasteiger partial charge in [0.2, 0.25) is 0 Å². The Labute approximate surface area is 254 Å². The molecule has 7 aromatic carbocycles. The smallest absolute Gasteiger partial charge is 0.143 e. The number of rotatable bonds is 3. The van der Waals surface area contributed by atoms with E-state index in [1.54, 1.807) is 0 Å². The summed E-state index contributed by atoms with van der Waals surface area (Å²) >= 11 is 0. The molecule has 0 fully saturated rings. The summed E-state index contributed by atoms with van der Waals surface area (Å²) in [4.78, 5) is 5.11. The first kappa shape index (κ1) is 24.8. The highest BCUT2D eigenvalue weighted by molar-refractivity contribution is 6.21. The zero-order valence-corrected chi connectivity index (χ0v) is 24.2. The van der Waals surface area contributed by atoms with Gasteiger partial charge in [0.05, 0.1) is 5.69 Å². The van der Waals surface area contributed by atoms with E-state index in [-0.39, 0.29) is 0 Å². The van der Waals surface area contributed by atoms with E-state index >= 15 is 0 Å². The summed E-state index contributed by atoms with van der Waals surface area (Å²) in [5, 5.41) is 9.44. The van der Waals surface area contributed by atoms with E-state index in [2.05, 4.69) is 146 Å². The molecule has 0 radical (unpaired) electrons. The van der Waals surface area contributed by atoms with Crippen LogP contribution < -0.4 is 0 Å². The van der Waals surface area contributed by atoms with Crippen molar-refractivity contribution >= 4 is 54.3 Å². The van der Waals surface area contributed by atoms with Crippen LogP contribution in [-0.4, -0.2) is 4.98 Å². The standard InChI is InChI=1S/C42H27NO/c1-26-17-19-28(20-18-26)39-32-11-4-6-13-34(32)40(35-14-7-5-12-33(35)39)38-24-22-29(25-43-38)31-15-8-16-36-37-23-21-27-9-2-3-10-30(27)41(37)44-42(31)36/h2-25H,1H3. The highest BCUT2D eigenvalue weighted by Crippen LogP contribution is 2.44. The third-order valence-electron chi connectivity index (χ3n) is 8.99. The number of aryl methyl sites for hydroxylation is 1. The van der Waals surface area contributed by atoms with Crippen LogP contribution in [-0.2, 0) is 0 Å². The minimum atomic E-state index is 0.895. The summed E-state index contributed by atoms with van der Waals surface area (Å²) in [7, 11) is 0. The lowest BCUT2D eigenvalue weighted by atomic mass is 9.87. The molecule has 0 aliphatic rings. The SMILES string of the molecule is Cc1ccc(-c2c3ccccc3c(-c3ccc(-c4cccc5c4oc4c6ccccc6ccc54)cn3)c3ccccc23)cc1. The second-order valence-electron chi connectivity index (χ2n) is 11.6. The van der Waals surface area contributed by atoms with Crippen molar-refractivity contribution < 1.29 is 4.42 Å². The van der Waals surface area contributed by atoms with Crippen LogP contribution in [0.15, 0.2) is 150 Å². The normalized spacial score (nSPS) is 11.8. The molecular formula is C42H27NO.